The van der Waals surface area contributed by atoms with Crippen LogP contribution in [0.3, 0.4) is 0 Å². The van der Waals surface area contributed by atoms with Gasteiger partial charge in [-0.15, -0.1) is 11.3 Å². The molecule has 0 atom stereocenters. The molecule has 0 radical (unpaired) electrons. The maximum Gasteiger partial charge on any atom is 0.433 e. The lowest BCUT2D eigenvalue weighted by Gasteiger charge is -2.12. The van der Waals surface area contributed by atoms with Gasteiger partial charge in [-0.1, -0.05) is 30.3 Å². The van der Waals surface area contributed by atoms with E-state index in [2.05, 4.69) is 20.4 Å². The molecule has 0 aliphatic heterocycles. The quantitative estimate of drug-likeness (QED) is 0.395. The van der Waals surface area contributed by atoms with Crippen molar-refractivity contribution in [3.05, 3.63) is 77.2 Å². The fraction of sp³-hybridized carbons (Fsp3) is 0.0455. The number of carbonyl (C=O) groups is 2. The first kappa shape index (κ1) is 21.5. The molecule has 0 unspecified atom stereocenters. The number of anilines is 1. The van der Waals surface area contributed by atoms with E-state index < -0.39 is 23.7 Å². The predicted molar refractivity (Wildman–Crippen MR) is 120 cm³/mol. The van der Waals surface area contributed by atoms with Crippen molar-refractivity contribution in [2.75, 3.05) is 5.32 Å². The van der Waals surface area contributed by atoms with Gasteiger partial charge in [0.1, 0.15) is 21.0 Å². The minimum atomic E-state index is -4.72. The molecule has 170 valence electrons. The summed E-state index contributed by atoms with van der Waals surface area (Å²) < 4.78 is 42.1. The molecule has 8 nitrogen and oxygen atoms in total. The van der Waals surface area contributed by atoms with Gasteiger partial charge in [-0.05, 0) is 23.3 Å². The number of hydrogen-bond acceptors (Lipinski definition) is 6. The number of nitrogens with zero attached hydrogens (tertiary/aromatic N) is 4. The first-order valence-corrected chi connectivity index (χ1v) is 10.6. The summed E-state index contributed by atoms with van der Waals surface area (Å²) in [7, 11) is 0. The highest BCUT2D eigenvalue weighted by Gasteiger charge is 2.35. The number of pyridine rings is 1. The highest BCUT2D eigenvalue weighted by Crippen LogP contribution is 2.43. The van der Waals surface area contributed by atoms with Crippen molar-refractivity contribution in [2.24, 2.45) is 5.73 Å². The second-order valence-electron chi connectivity index (χ2n) is 7.17. The molecule has 3 N–H and O–H groups in total. The molecular weight excluding hydrogens is 469 g/mol. The zero-order valence-electron chi connectivity index (χ0n) is 17.0. The van der Waals surface area contributed by atoms with Crippen LogP contribution >= 0.6 is 11.3 Å². The average molecular weight is 482 g/mol. The van der Waals surface area contributed by atoms with Crippen LogP contribution in [0.25, 0.3) is 27.0 Å². The Kier molecular flexibility index (Phi) is 5.01. The highest BCUT2D eigenvalue weighted by atomic mass is 32.1. The molecule has 0 fully saturated rings. The van der Waals surface area contributed by atoms with E-state index in [0.29, 0.717) is 16.9 Å². The van der Waals surface area contributed by atoms with E-state index >= 15 is 0 Å². The number of aromatic nitrogens is 4. The molecule has 0 aliphatic carbocycles. The predicted octanol–water partition coefficient (Wildman–Crippen LogP) is 4.38. The number of amides is 2. The Hall–Kier alpha value is -4.32. The summed E-state index contributed by atoms with van der Waals surface area (Å²) in [6, 6.07) is 10.8. The number of thiophene rings is 1. The van der Waals surface area contributed by atoms with Crippen LogP contribution < -0.4 is 11.1 Å². The SMILES string of the molecule is NC(=O)c1sc2nc(C(F)(F)F)cc(-c3ccccc3)c2c1NC(=O)c1cnn2cccnc12. The van der Waals surface area contributed by atoms with Crippen LogP contribution in [0.2, 0.25) is 0 Å². The van der Waals surface area contributed by atoms with Gasteiger partial charge in [0.2, 0.25) is 0 Å². The molecular formula is C22H13F3N6O2S. The van der Waals surface area contributed by atoms with Gasteiger partial charge >= 0.3 is 6.18 Å². The molecule has 4 aromatic heterocycles. The Morgan fingerprint density at radius 2 is 1.88 bits per heavy atom. The van der Waals surface area contributed by atoms with Crippen LogP contribution in [-0.4, -0.2) is 31.4 Å². The molecule has 0 aliphatic rings. The van der Waals surface area contributed by atoms with Gasteiger partial charge in [-0.3, -0.25) is 9.59 Å². The van der Waals surface area contributed by atoms with E-state index in [1.54, 1.807) is 42.6 Å². The van der Waals surface area contributed by atoms with Crippen LogP contribution in [0.15, 0.2) is 61.1 Å². The standard InChI is InChI=1S/C22H13F3N6O2S/c23-22(24,25)14-9-12(11-5-2-1-3-6-11)15-16(17(18(26)32)34-21(15)29-14)30-20(33)13-10-28-31-8-4-7-27-19(13)31/h1-10H,(H2,26,32)(H,30,33). The maximum absolute atomic E-state index is 13.6. The number of alkyl halides is 3. The molecule has 34 heavy (non-hydrogen) atoms. The Labute approximate surface area is 192 Å². The van der Waals surface area contributed by atoms with Gasteiger partial charge in [-0.2, -0.15) is 18.3 Å². The molecule has 5 rings (SSSR count). The van der Waals surface area contributed by atoms with Crippen LogP contribution in [0.1, 0.15) is 25.7 Å². The lowest BCUT2D eigenvalue weighted by Crippen LogP contribution is -2.17. The van der Waals surface area contributed by atoms with E-state index in [9.17, 15) is 22.8 Å². The third kappa shape index (κ3) is 3.63. The number of nitrogens with one attached hydrogen (secondary N) is 1. The minimum absolute atomic E-state index is 0.0205. The van der Waals surface area contributed by atoms with Crippen molar-refractivity contribution in [2.45, 2.75) is 6.18 Å². The molecule has 0 saturated heterocycles. The summed E-state index contributed by atoms with van der Waals surface area (Å²) in [6.07, 6.45) is -0.336. The van der Waals surface area contributed by atoms with E-state index in [-0.39, 0.29) is 37.6 Å². The fourth-order valence-electron chi connectivity index (χ4n) is 3.55. The van der Waals surface area contributed by atoms with Crippen LogP contribution in [0, 0.1) is 0 Å². The summed E-state index contributed by atoms with van der Waals surface area (Å²) in [5, 5.41) is 6.87. The number of hydrogen-bond donors (Lipinski definition) is 2. The smallest absolute Gasteiger partial charge is 0.365 e. The van der Waals surface area contributed by atoms with Gasteiger partial charge in [0.15, 0.2) is 5.65 Å². The van der Waals surface area contributed by atoms with E-state index in [1.807, 2.05) is 0 Å². The van der Waals surface area contributed by atoms with Crippen LogP contribution in [0.4, 0.5) is 18.9 Å². The molecule has 12 heteroatoms. The Bertz CT molecular complexity index is 1580. The van der Waals surface area contributed by atoms with Crippen molar-refractivity contribution in [1.29, 1.82) is 0 Å². The first-order valence-electron chi connectivity index (χ1n) is 9.73. The van der Waals surface area contributed by atoms with Crippen LogP contribution in [-0.2, 0) is 6.18 Å². The zero-order chi connectivity index (χ0) is 24.0. The topological polar surface area (TPSA) is 115 Å². The van der Waals surface area contributed by atoms with E-state index in [1.165, 1.54) is 16.9 Å². The second-order valence-corrected chi connectivity index (χ2v) is 8.17. The lowest BCUT2D eigenvalue weighted by atomic mass is 10.0. The first-order chi connectivity index (χ1) is 16.2. The summed E-state index contributed by atoms with van der Waals surface area (Å²) in [6.45, 7) is 0. The summed E-state index contributed by atoms with van der Waals surface area (Å²) in [5.74, 6) is -1.57. The van der Waals surface area contributed by atoms with Gasteiger partial charge < -0.3 is 11.1 Å². The third-order valence-corrected chi connectivity index (χ3v) is 6.12. The molecule has 1 aromatic carbocycles. The monoisotopic (exact) mass is 482 g/mol. The molecule has 0 saturated carbocycles. The van der Waals surface area contributed by atoms with Gasteiger partial charge in [0.05, 0.1) is 11.9 Å². The molecule has 0 spiro atoms. The number of halogens is 3. The second kappa shape index (κ2) is 7.92. The number of primary amides is 1. The molecule has 4 heterocycles. The van der Waals surface area contributed by atoms with E-state index in [0.717, 1.165) is 6.07 Å². The number of benzene rings is 1. The number of carbonyl (C=O) groups excluding carboxylic acids is 2. The van der Waals surface area contributed by atoms with Crippen LogP contribution in [0.5, 0.6) is 0 Å². The summed E-state index contributed by atoms with van der Waals surface area (Å²) >= 11 is 0.677. The average Bonchev–Trinajstić information content (AvgIpc) is 3.40. The van der Waals surface area contributed by atoms with Gasteiger partial charge in [-0.25, -0.2) is 14.5 Å². The number of rotatable bonds is 4. The molecule has 5 aromatic rings. The largest absolute Gasteiger partial charge is 0.433 e. The van der Waals surface area contributed by atoms with Crippen molar-refractivity contribution < 1.29 is 22.8 Å². The van der Waals surface area contributed by atoms with Crippen molar-refractivity contribution in [1.82, 2.24) is 19.6 Å². The van der Waals surface area contributed by atoms with Crippen molar-refractivity contribution in [3.63, 3.8) is 0 Å². The fourth-order valence-corrected chi connectivity index (χ4v) is 4.56. The zero-order valence-corrected chi connectivity index (χ0v) is 17.8. The van der Waals surface area contributed by atoms with E-state index in [4.69, 9.17) is 5.73 Å². The number of fused-ring (bicyclic) bond motifs is 2. The van der Waals surface area contributed by atoms with Crippen molar-refractivity contribution >= 4 is 44.7 Å². The van der Waals surface area contributed by atoms with Gasteiger partial charge in [0, 0.05) is 17.8 Å². The Balaban J connectivity index is 1.74. The summed E-state index contributed by atoms with van der Waals surface area (Å²) in [5.41, 5.74) is 5.34. The Morgan fingerprint density at radius 3 is 2.59 bits per heavy atom. The summed E-state index contributed by atoms with van der Waals surface area (Å²) in [4.78, 5) is 33.0. The molecule has 2 amide bonds. The Morgan fingerprint density at radius 1 is 1.12 bits per heavy atom. The molecule has 0 bridgehead atoms. The number of nitrogens with two attached hydrogens (primary N) is 1. The minimum Gasteiger partial charge on any atom is -0.365 e. The third-order valence-electron chi connectivity index (χ3n) is 5.02. The lowest BCUT2D eigenvalue weighted by molar-refractivity contribution is -0.140. The van der Waals surface area contributed by atoms with Crippen molar-refractivity contribution in [3.8, 4) is 11.1 Å². The van der Waals surface area contributed by atoms with Gasteiger partial charge in [0.25, 0.3) is 11.8 Å². The maximum atomic E-state index is 13.6. The highest BCUT2D eigenvalue weighted by molar-refractivity contribution is 7.21. The normalized spacial score (nSPS) is 11.7.